The Morgan fingerprint density at radius 3 is 1.37 bits per heavy atom. The highest BCUT2D eigenvalue weighted by Gasteiger charge is 2.53. The van der Waals surface area contributed by atoms with Gasteiger partial charge in [0.25, 0.3) is 0 Å². The zero-order valence-corrected chi connectivity index (χ0v) is 49.4. The van der Waals surface area contributed by atoms with E-state index in [1.54, 1.807) is 6.08 Å². The minimum atomic E-state index is -1.98. The van der Waals surface area contributed by atoms with Crippen molar-refractivity contribution < 1.29 is 89.4 Å². The van der Waals surface area contributed by atoms with E-state index in [2.05, 4.69) is 79.9 Å². The van der Waals surface area contributed by atoms with Gasteiger partial charge >= 0.3 is 0 Å². The van der Waals surface area contributed by atoms with Gasteiger partial charge < -0.3 is 89.9 Å². The summed E-state index contributed by atoms with van der Waals surface area (Å²) in [5, 5.41) is 120. The topological polar surface area (TPSA) is 307 Å². The standard InChI is InChI=1S/C63H109NO18/c1-3-5-7-9-11-13-15-17-19-20-21-22-23-24-25-26-27-29-31-33-35-37-39-41-51(69)64-46(47(68)40-38-36-34-32-30-28-18-16-14-12-10-8-6-4-2)45-77-61-57(75)54(72)59(49(43-66)79-61)82-63-58(76)55(73)60(50(44-67)80-63)81-62-56(74)53(71)52(70)48(42-65)78-62/h5,7,11,13,17,19,21-22,30,32,38,40,46-50,52-63,65-68,70-76H,3-4,6,8-10,12,14-16,18,20,23-29,31,33-37,39,41-45H2,1-2H3,(H,64,69)/b7-5-,13-11-,19-17-,22-21-,32-30+,40-38+. The summed E-state index contributed by atoms with van der Waals surface area (Å²) in [4.78, 5) is 13.3. The summed E-state index contributed by atoms with van der Waals surface area (Å²) >= 11 is 0. The molecule has 474 valence electrons. The maximum Gasteiger partial charge on any atom is 0.220 e. The molecule has 0 aromatic heterocycles. The number of carbonyl (C=O) groups is 1. The fourth-order valence-electron chi connectivity index (χ4n) is 10.1. The zero-order chi connectivity index (χ0) is 59.7. The number of carbonyl (C=O) groups excluding carboxylic acids is 1. The van der Waals surface area contributed by atoms with Crippen LogP contribution in [0.3, 0.4) is 0 Å². The second kappa shape index (κ2) is 45.5. The van der Waals surface area contributed by atoms with Crippen LogP contribution >= 0.6 is 0 Å². The minimum absolute atomic E-state index is 0.226. The third-order valence-electron chi connectivity index (χ3n) is 15.2. The monoisotopic (exact) mass is 1170 g/mol. The fourth-order valence-corrected chi connectivity index (χ4v) is 10.1. The quantitative estimate of drug-likeness (QED) is 0.0238. The number of ether oxygens (including phenoxy) is 6. The first-order valence-corrected chi connectivity index (χ1v) is 31.2. The van der Waals surface area contributed by atoms with Gasteiger partial charge in [0.05, 0.1) is 38.6 Å². The number of aliphatic hydroxyl groups is 11. The number of aliphatic hydroxyl groups excluding tert-OH is 11. The number of rotatable bonds is 45. The van der Waals surface area contributed by atoms with Crippen LogP contribution in [0.25, 0.3) is 0 Å². The molecule has 3 saturated heterocycles. The van der Waals surface area contributed by atoms with Gasteiger partial charge in [0.15, 0.2) is 18.9 Å². The van der Waals surface area contributed by atoms with E-state index in [1.165, 1.54) is 77.0 Å². The molecule has 0 aromatic rings. The molecule has 17 atom stereocenters. The molecule has 3 aliphatic rings. The molecule has 0 radical (unpaired) electrons. The van der Waals surface area contributed by atoms with E-state index in [0.29, 0.717) is 12.8 Å². The van der Waals surface area contributed by atoms with Crippen molar-refractivity contribution in [3.05, 3.63) is 72.9 Å². The lowest BCUT2D eigenvalue weighted by Crippen LogP contribution is -2.66. The molecule has 3 aliphatic heterocycles. The average molecular weight is 1170 g/mol. The van der Waals surface area contributed by atoms with E-state index in [0.717, 1.165) is 77.0 Å². The van der Waals surface area contributed by atoms with Crippen molar-refractivity contribution in [2.24, 2.45) is 0 Å². The molecule has 0 saturated carbocycles. The highest BCUT2D eigenvalue weighted by molar-refractivity contribution is 5.76. The Hall–Kier alpha value is -2.77. The largest absolute Gasteiger partial charge is 0.394 e. The lowest BCUT2D eigenvalue weighted by atomic mass is 9.96. The van der Waals surface area contributed by atoms with Crippen LogP contribution in [0.5, 0.6) is 0 Å². The van der Waals surface area contributed by atoms with Crippen molar-refractivity contribution in [1.82, 2.24) is 5.32 Å². The molecule has 17 unspecified atom stereocenters. The predicted molar refractivity (Wildman–Crippen MR) is 314 cm³/mol. The molecule has 3 heterocycles. The number of allylic oxidation sites excluding steroid dienone is 11. The highest BCUT2D eigenvalue weighted by atomic mass is 16.8. The van der Waals surface area contributed by atoms with Gasteiger partial charge in [-0.2, -0.15) is 0 Å². The maximum absolute atomic E-state index is 13.3. The zero-order valence-electron chi connectivity index (χ0n) is 49.4. The van der Waals surface area contributed by atoms with E-state index >= 15 is 0 Å². The molecular weight excluding hydrogens is 1060 g/mol. The molecular formula is C63H109NO18. The Morgan fingerprint density at radius 1 is 0.451 bits per heavy atom. The number of amides is 1. The summed E-state index contributed by atoms with van der Waals surface area (Å²) in [7, 11) is 0. The molecule has 82 heavy (non-hydrogen) atoms. The Kier molecular flexibility index (Phi) is 40.8. The molecule has 3 fully saturated rings. The van der Waals surface area contributed by atoms with Gasteiger partial charge in [0.2, 0.25) is 5.91 Å². The van der Waals surface area contributed by atoms with E-state index in [9.17, 15) is 61.0 Å². The lowest BCUT2D eigenvalue weighted by molar-refractivity contribution is -0.379. The van der Waals surface area contributed by atoms with Crippen molar-refractivity contribution in [3.63, 3.8) is 0 Å². The van der Waals surface area contributed by atoms with Crippen LogP contribution < -0.4 is 5.32 Å². The van der Waals surface area contributed by atoms with Crippen molar-refractivity contribution in [3.8, 4) is 0 Å². The van der Waals surface area contributed by atoms with Crippen LogP contribution in [0.4, 0.5) is 0 Å². The van der Waals surface area contributed by atoms with Crippen molar-refractivity contribution >= 4 is 5.91 Å². The third-order valence-corrected chi connectivity index (χ3v) is 15.2. The van der Waals surface area contributed by atoms with Crippen molar-refractivity contribution in [1.29, 1.82) is 0 Å². The van der Waals surface area contributed by atoms with Gasteiger partial charge in [-0.25, -0.2) is 0 Å². The van der Waals surface area contributed by atoms with Crippen LogP contribution in [-0.2, 0) is 33.2 Å². The van der Waals surface area contributed by atoms with E-state index in [4.69, 9.17) is 28.4 Å². The Balaban J connectivity index is 1.48. The lowest BCUT2D eigenvalue weighted by Gasteiger charge is -2.48. The van der Waals surface area contributed by atoms with E-state index in [-0.39, 0.29) is 18.9 Å². The minimum Gasteiger partial charge on any atom is -0.394 e. The molecule has 19 nitrogen and oxygen atoms in total. The van der Waals surface area contributed by atoms with Crippen molar-refractivity contribution in [2.75, 3.05) is 26.4 Å². The Morgan fingerprint density at radius 2 is 0.854 bits per heavy atom. The van der Waals surface area contributed by atoms with Gasteiger partial charge in [-0.3, -0.25) is 4.79 Å². The van der Waals surface area contributed by atoms with E-state index in [1.807, 2.05) is 6.08 Å². The molecule has 0 aliphatic carbocycles. The first-order chi connectivity index (χ1) is 39.8. The molecule has 0 bridgehead atoms. The molecule has 1 amide bonds. The molecule has 0 spiro atoms. The van der Waals surface area contributed by atoms with Gasteiger partial charge in [0, 0.05) is 6.42 Å². The molecule has 12 N–H and O–H groups in total. The van der Waals surface area contributed by atoms with E-state index < -0.39 is 124 Å². The molecule has 19 heteroatoms. The van der Waals surface area contributed by atoms with Gasteiger partial charge in [-0.05, 0) is 70.6 Å². The van der Waals surface area contributed by atoms with Gasteiger partial charge in [-0.1, -0.05) is 183 Å². The van der Waals surface area contributed by atoms with Gasteiger partial charge in [-0.15, -0.1) is 0 Å². The predicted octanol–water partition coefficient (Wildman–Crippen LogP) is 6.21. The van der Waals surface area contributed by atoms with Crippen LogP contribution in [0.15, 0.2) is 72.9 Å². The van der Waals surface area contributed by atoms with Gasteiger partial charge in [0.1, 0.15) is 73.2 Å². The van der Waals surface area contributed by atoms with Crippen LogP contribution in [0.2, 0.25) is 0 Å². The second-order valence-electron chi connectivity index (χ2n) is 22.1. The normalized spacial score (nSPS) is 30.1. The van der Waals surface area contributed by atoms with Crippen LogP contribution in [-0.4, -0.2) is 193 Å². The first-order valence-electron chi connectivity index (χ1n) is 31.2. The van der Waals surface area contributed by atoms with Crippen molar-refractivity contribution in [2.45, 2.75) is 291 Å². The summed E-state index contributed by atoms with van der Waals surface area (Å²) in [6, 6.07) is -0.995. The highest BCUT2D eigenvalue weighted by Crippen LogP contribution is 2.33. The second-order valence-corrected chi connectivity index (χ2v) is 22.1. The summed E-state index contributed by atoms with van der Waals surface area (Å²) in [5.74, 6) is -0.294. The smallest absolute Gasteiger partial charge is 0.220 e. The average Bonchev–Trinajstić information content (AvgIpc) is 3.14. The third kappa shape index (κ3) is 28.6. The van der Waals surface area contributed by atoms with Crippen LogP contribution in [0.1, 0.15) is 187 Å². The Labute approximate surface area is 489 Å². The summed E-state index contributed by atoms with van der Waals surface area (Å²) in [6.45, 7) is 1.56. The summed E-state index contributed by atoms with van der Waals surface area (Å²) < 4.78 is 34.2. The van der Waals surface area contributed by atoms with Crippen LogP contribution in [0, 0.1) is 0 Å². The number of nitrogens with one attached hydrogen (secondary N) is 1. The number of unbranched alkanes of at least 4 members (excludes halogenated alkanes) is 19. The summed E-state index contributed by atoms with van der Waals surface area (Å²) in [6.07, 6.45) is 27.4. The molecule has 3 rings (SSSR count). The maximum atomic E-state index is 13.3. The molecule has 0 aromatic carbocycles. The Bertz CT molecular complexity index is 1780. The number of hydrogen-bond acceptors (Lipinski definition) is 18. The fraction of sp³-hybridized carbons (Fsp3) is 0.794. The SMILES string of the molecule is CC/C=C\C/C=C\C/C=C\C/C=C\CCCCCCCCCCCCC(=O)NC(COC1OC(CO)C(OC2OC(CO)C(OC3OC(CO)C(O)C(O)C3O)C(O)C2O)C(O)C1O)C(O)/C=C/CC/C=C/CCCCCCCCCC. The summed E-state index contributed by atoms with van der Waals surface area (Å²) in [5.41, 5.74) is 0. The first kappa shape index (κ1) is 73.5. The number of hydrogen-bond donors (Lipinski definition) is 12.